The topological polar surface area (TPSA) is 55.2 Å². The van der Waals surface area contributed by atoms with E-state index < -0.39 is 28.8 Å². The molecule has 1 aliphatic heterocycles. The van der Waals surface area contributed by atoms with Gasteiger partial charge in [-0.1, -0.05) is 0 Å². The first kappa shape index (κ1) is 14.4. The molecule has 1 aromatic rings. The van der Waals surface area contributed by atoms with Gasteiger partial charge in [-0.15, -0.1) is 0 Å². The van der Waals surface area contributed by atoms with Crippen LogP contribution in [0.1, 0.15) is 24.2 Å². The van der Waals surface area contributed by atoms with E-state index in [0.717, 1.165) is 4.31 Å². The van der Waals surface area contributed by atoms with Crippen LogP contribution in [-0.2, 0) is 17.1 Å². The number of halogens is 2. The molecule has 0 spiro atoms. The number of aryl methyl sites for hydroxylation is 2. The van der Waals surface area contributed by atoms with Crippen LogP contribution in [0.15, 0.2) is 4.90 Å². The lowest BCUT2D eigenvalue weighted by atomic mass is 10.1. The largest absolute Gasteiger partial charge is 0.271 e. The zero-order valence-electron chi connectivity index (χ0n) is 11.2. The Labute approximate surface area is 111 Å². The molecule has 2 rings (SSSR count). The molecule has 1 aromatic heterocycles. The Morgan fingerprint density at radius 1 is 1.21 bits per heavy atom. The summed E-state index contributed by atoms with van der Waals surface area (Å²) in [5, 5.41) is 4.06. The van der Waals surface area contributed by atoms with Crippen LogP contribution in [0.3, 0.4) is 0 Å². The van der Waals surface area contributed by atoms with Crippen molar-refractivity contribution < 1.29 is 17.2 Å². The van der Waals surface area contributed by atoms with E-state index in [4.69, 9.17) is 0 Å². The summed E-state index contributed by atoms with van der Waals surface area (Å²) in [5.74, 6) is -2.76. The van der Waals surface area contributed by atoms with Crippen molar-refractivity contribution in [3.8, 4) is 0 Å². The average molecular weight is 293 g/mol. The van der Waals surface area contributed by atoms with Gasteiger partial charge in [-0.25, -0.2) is 17.2 Å². The molecular formula is C11H17F2N3O2S. The predicted molar refractivity (Wildman–Crippen MR) is 65.6 cm³/mol. The van der Waals surface area contributed by atoms with Gasteiger partial charge in [0.1, 0.15) is 4.90 Å². The van der Waals surface area contributed by atoms with Crippen molar-refractivity contribution in [3.63, 3.8) is 0 Å². The zero-order chi connectivity index (χ0) is 14.4. The van der Waals surface area contributed by atoms with Crippen molar-refractivity contribution in [2.75, 3.05) is 13.1 Å². The summed E-state index contributed by atoms with van der Waals surface area (Å²) in [6, 6.07) is 0. The minimum Gasteiger partial charge on any atom is -0.271 e. The van der Waals surface area contributed by atoms with Gasteiger partial charge in [-0.05, 0) is 13.8 Å². The molecule has 19 heavy (non-hydrogen) atoms. The van der Waals surface area contributed by atoms with Crippen LogP contribution >= 0.6 is 0 Å². The van der Waals surface area contributed by atoms with E-state index >= 15 is 0 Å². The van der Waals surface area contributed by atoms with Crippen molar-refractivity contribution in [2.45, 2.75) is 37.5 Å². The van der Waals surface area contributed by atoms with E-state index in [1.165, 1.54) is 4.68 Å². The smallest absolute Gasteiger partial charge is 0.250 e. The van der Waals surface area contributed by atoms with Crippen LogP contribution in [0.25, 0.3) is 0 Å². The van der Waals surface area contributed by atoms with E-state index in [-0.39, 0.29) is 18.0 Å². The lowest BCUT2D eigenvalue weighted by molar-refractivity contribution is -0.0412. The number of sulfonamides is 1. The highest BCUT2D eigenvalue weighted by molar-refractivity contribution is 7.89. The van der Waals surface area contributed by atoms with Gasteiger partial charge < -0.3 is 0 Å². The number of hydrogen-bond acceptors (Lipinski definition) is 3. The Morgan fingerprint density at radius 3 is 2.16 bits per heavy atom. The van der Waals surface area contributed by atoms with Crippen molar-refractivity contribution in [3.05, 3.63) is 11.4 Å². The molecule has 0 saturated carbocycles. The fourth-order valence-corrected chi connectivity index (χ4v) is 4.15. The highest BCUT2D eigenvalue weighted by atomic mass is 32.2. The molecule has 0 aromatic carbocycles. The molecule has 8 heteroatoms. The Hall–Kier alpha value is -1.02. The van der Waals surface area contributed by atoms with Crippen molar-refractivity contribution >= 4 is 10.0 Å². The van der Waals surface area contributed by atoms with Crippen molar-refractivity contribution in [1.82, 2.24) is 14.1 Å². The summed E-state index contributed by atoms with van der Waals surface area (Å²) in [4.78, 5) is 0.139. The van der Waals surface area contributed by atoms with Crippen molar-refractivity contribution in [2.24, 2.45) is 7.05 Å². The number of nitrogens with zero attached hydrogens (tertiary/aromatic N) is 3. The summed E-state index contributed by atoms with van der Waals surface area (Å²) >= 11 is 0. The minimum absolute atomic E-state index is 0.139. The lowest BCUT2D eigenvalue weighted by Crippen LogP contribution is -2.42. The maximum absolute atomic E-state index is 13.1. The molecule has 0 aliphatic carbocycles. The molecule has 1 fully saturated rings. The van der Waals surface area contributed by atoms with Gasteiger partial charge in [0.15, 0.2) is 0 Å². The molecule has 5 nitrogen and oxygen atoms in total. The molecule has 0 atom stereocenters. The lowest BCUT2D eigenvalue weighted by Gasteiger charge is -2.30. The van der Waals surface area contributed by atoms with Gasteiger partial charge in [0.2, 0.25) is 10.0 Å². The Bertz CT molecular complexity index is 585. The van der Waals surface area contributed by atoms with Gasteiger partial charge in [-0.2, -0.15) is 9.40 Å². The van der Waals surface area contributed by atoms with Crippen LogP contribution in [0, 0.1) is 13.8 Å². The van der Waals surface area contributed by atoms with Crippen LogP contribution in [0.5, 0.6) is 0 Å². The number of alkyl halides is 2. The standard InChI is InChI=1S/C11H17F2N3O2S/c1-8-10(9(2)15(3)14-8)19(17,18)16-6-4-11(12,13)5-7-16/h4-7H2,1-3H3. The third-order valence-electron chi connectivity index (χ3n) is 3.49. The molecular weight excluding hydrogens is 276 g/mol. The maximum atomic E-state index is 13.1. The molecule has 0 bridgehead atoms. The van der Waals surface area contributed by atoms with Crippen LogP contribution in [0.2, 0.25) is 0 Å². The second-order valence-corrected chi connectivity index (χ2v) is 6.76. The molecule has 108 valence electrons. The first-order valence-corrected chi connectivity index (χ1v) is 7.47. The van der Waals surface area contributed by atoms with Crippen LogP contribution in [-0.4, -0.2) is 41.5 Å². The monoisotopic (exact) mass is 293 g/mol. The van der Waals surface area contributed by atoms with E-state index in [0.29, 0.717) is 11.4 Å². The number of aromatic nitrogens is 2. The van der Waals surface area contributed by atoms with E-state index in [2.05, 4.69) is 5.10 Å². The average Bonchev–Trinajstić information content (AvgIpc) is 2.52. The normalized spacial score (nSPS) is 20.7. The summed E-state index contributed by atoms with van der Waals surface area (Å²) in [6.45, 7) is 2.97. The molecule has 0 N–H and O–H groups in total. The third kappa shape index (κ3) is 2.51. The number of hydrogen-bond donors (Lipinski definition) is 0. The van der Waals surface area contributed by atoms with Gasteiger partial charge >= 0.3 is 0 Å². The van der Waals surface area contributed by atoms with Gasteiger partial charge in [0.05, 0.1) is 11.4 Å². The Morgan fingerprint density at radius 2 is 1.74 bits per heavy atom. The summed E-state index contributed by atoms with van der Waals surface area (Å²) < 4.78 is 53.8. The molecule has 2 heterocycles. The molecule has 0 amide bonds. The highest BCUT2D eigenvalue weighted by Crippen LogP contribution is 2.32. The van der Waals surface area contributed by atoms with Gasteiger partial charge in [0, 0.05) is 33.0 Å². The predicted octanol–water partition coefficient (Wildman–Crippen LogP) is 1.46. The van der Waals surface area contributed by atoms with Crippen LogP contribution in [0.4, 0.5) is 8.78 Å². The SMILES string of the molecule is Cc1nn(C)c(C)c1S(=O)(=O)N1CCC(F)(F)CC1. The second-order valence-electron chi connectivity index (χ2n) is 4.88. The minimum atomic E-state index is -3.74. The molecule has 1 aliphatic rings. The second kappa shape index (κ2) is 4.52. The van der Waals surface area contributed by atoms with E-state index in [1.807, 2.05) is 0 Å². The fourth-order valence-electron chi connectivity index (χ4n) is 2.31. The fraction of sp³-hybridized carbons (Fsp3) is 0.727. The molecule has 0 unspecified atom stereocenters. The zero-order valence-corrected chi connectivity index (χ0v) is 12.0. The maximum Gasteiger partial charge on any atom is 0.250 e. The highest BCUT2D eigenvalue weighted by Gasteiger charge is 2.40. The van der Waals surface area contributed by atoms with E-state index in [9.17, 15) is 17.2 Å². The molecule has 0 radical (unpaired) electrons. The molecule has 1 saturated heterocycles. The van der Waals surface area contributed by atoms with Gasteiger partial charge in [0.25, 0.3) is 5.92 Å². The quantitative estimate of drug-likeness (QED) is 0.829. The first-order valence-electron chi connectivity index (χ1n) is 6.03. The van der Waals surface area contributed by atoms with Crippen LogP contribution < -0.4 is 0 Å². The first-order chi connectivity index (χ1) is 8.65. The summed E-state index contributed by atoms with van der Waals surface area (Å²) in [7, 11) is -2.08. The Balaban J connectivity index is 2.34. The number of piperidine rings is 1. The van der Waals surface area contributed by atoms with Crippen molar-refractivity contribution in [1.29, 1.82) is 0 Å². The van der Waals surface area contributed by atoms with Gasteiger partial charge in [-0.3, -0.25) is 4.68 Å². The van der Waals surface area contributed by atoms with E-state index in [1.54, 1.807) is 20.9 Å². The summed E-state index contributed by atoms with van der Waals surface area (Å²) in [6.07, 6.45) is -0.852. The third-order valence-corrected chi connectivity index (χ3v) is 5.65. The number of rotatable bonds is 2. The Kier molecular flexibility index (Phi) is 3.42. The summed E-state index contributed by atoms with van der Waals surface area (Å²) in [5.41, 5.74) is 0.923.